The minimum absolute atomic E-state index is 0.116. The molecule has 0 radical (unpaired) electrons. The highest BCUT2D eigenvalue weighted by Gasteiger charge is 2.25. The third kappa shape index (κ3) is 6.74. The molecule has 0 aromatic heterocycles. The second-order valence-corrected chi connectivity index (χ2v) is 10.1. The predicted octanol–water partition coefficient (Wildman–Crippen LogP) is 8.54. The van der Waals surface area contributed by atoms with Crippen LogP contribution in [0.2, 0.25) is 0 Å². The van der Waals surface area contributed by atoms with Gasteiger partial charge in [-0.1, -0.05) is 88.4 Å². The zero-order valence-corrected chi connectivity index (χ0v) is 21.0. The van der Waals surface area contributed by atoms with Crippen LogP contribution in [0, 0.1) is 0 Å². The lowest BCUT2D eigenvalue weighted by Gasteiger charge is -2.30. The van der Waals surface area contributed by atoms with Crippen molar-refractivity contribution >= 4 is 0 Å². The van der Waals surface area contributed by atoms with Gasteiger partial charge in [-0.05, 0) is 59.7 Å². The molecule has 0 fully saturated rings. The van der Waals surface area contributed by atoms with E-state index in [9.17, 15) is 0 Å². The summed E-state index contributed by atoms with van der Waals surface area (Å²) in [6.07, 6.45) is 0. The Morgan fingerprint density at radius 3 is 1.09 bits per heavy atom. The Balaban J connectivity index is 1.31. The highest BCUT2D eigenvalue weighted by Crippen LogP contribution is 2.31. The Kier molecular flexibility index (Phi) is 7.57. The monoisotopic (exact) mass is 466 g/mol. The van der Waals surface area contributed by atoms with Gasteiger partial charge in [0.25, 0.3) is 0 Å². The fourth-order valence-electron chi connectivity index (χ4n) is 3.93. The number of benzene rings is 4. The van der Waals surface area contributed by atoms with Crippen LogP contribution in [0.25, 0.3) is 0 Å². The lowest BCUT2D eigenvalue weighted by Crippen LogP contribution is -2.30. The van der Waals surface area contributed by atoms with Crippen LogP contribution in [-0.2, 0) is 15.6 Å². The van der Waals surface area contributed by atoms with E-state index in [2.05, 4.69) is 52.0 Å². The zero-order valence-electron chi connectivity index (χ0n) is 21.0. The molecule has 0 heterocycles. The Morgan fingerprint density at radius 1 is 0.429 bits per heavy atom. The summed E-state index contributed by atoms with van der Waals surface area (Å²) in [5.74, 6) is 3.34. The van der Waals surface area contributed by atoms with Gasteiger partial charge < -0.3 is 14.2 Å². The third-order valence-electron chi connectivity index (χ3n) is 6.16. The van der Waals surface area contributed by atoms with Gasteiger partial charge in [0.1, 0.15) is 23.0 Å². The number of para-hydroxylation sites is 2. The van der Waals surface area contributed by atoms with Crippen LogP contribution >= 0.6 is 0 Å². The van der Waals surface area contributed by atoms with E-state index in [1.807, 2.05) is 84.9 Å². The molecule has 0 aliphatic heterocycles. The maximum absolute atomic E-state index is 6.26. The van der Waals surface area contributed by atoms with E-state index in [0.717, 1.165) is 23.0 Å². The van der Waals surface area contributed by atoms with E-state index >= 15 is 0 Å². The van der Waals surface area contributed by atoms with Crippen LogP contribution in [0.1, 0.15) is 38.8 Å². The average Bonchev–Trinajstić information content (AvgIpc) is 2.86. The van der Waals surface area contributed by atoms with Gasteiger partial charge in [0.2, 0.25) is 0 Å². The van der Waals surface area contributed by atoms with Gasteiger partial charge in [0.15, 0.2) is 0 Å². The first kappa shape index (κ1) is 24.6. The van der Waals surface area contributed by atoms with Crippen LogP contribution in [-0.4, -0.2) is 13.2 Å². The Labute approximate surface area is 209 Å². The summed E-state index contributed by atoms with van der Waals surface area (Å²) in [5.41, 5.74) is 2.21. The molecule has 4 rings (SSSR count). The maximum atomic E-state index is 6.26. The van der Waals surface area contributed by atoms with Gasteiger partial charge in [-0.15, -0.1) is 0 Å². The Hall–Kier alpha value is -3.56. The van der Waals surface area contributed by atoms with E-state index in [4.69, 9.17) is 14.2 Å². The van der Waals surface area contributed by atoms with E-state index in [-0.39, 0.29) is 10.8 Å². The van der Waals surface area contributed by atoms with Crippen molar-refractivity contribution in [3.63, 3.8) is 0 Å². The predicted molar refractivity (Wildman–Crippen MR) is 143 cm³/mol. The lowest BCUT2D eigenvalue weighted by molar-refractivity contribution is 0.0633. The Morgan fingerprint density at radius 2 is 0.743 bits per heavy atom. The highest BCUT2D eigenvalue weighted by molar-refractivity contribution is 5.36. The minimum atomic E-state index is -0.116. The van der Waals surface area contributed by atoms with Gasteiger partial charge in [-0.25, -0.2) is 0 Å². The first-order chi connectivity index (χ1) is 16.8. The van der Waals surface area contributed by atoms with Gasteiger partial charge in [-0.2, -0.15) is 0 Å². The second-order valence-electron chi connectivity index (χ2n) is 10.1. The van der Waals surface area contributed by atoms with Gasteiger partial charge >= 0.3 is 0 Å². The van der Waals surface area contributed by atoms with Crippen molar-refractivity contribution < 1.29 is 14.2 Å². The van der Waals surface area contributed by atoms with Crippen molar-refractivity contribution in [3.8, 4) is 23.0 Å². The number of rotatable bonds is 10. The van der Waals surface area contributed by atoms with Crippen LogP contribution in [0.3, 0.4) is 0 Å². The second kappa shape index (κ2) is 10.8. The quantitative estimate of drug-likeness (QED) is 0.234. The van der Waals surface area contributed by atoms with Gasteiger partial charge in [-0.3, -0.25) is 0 Å². The SMILES string of the molecule is CC(C)(COCC(C)(C)c1ccc(Oc2ccccc2)cc1)c1ccc(Oc2ccccc2)cc1. The van der Waals surface area contributed by atoms with Crippen molar-refractivity contribution in [2.24, 2.45) is 0 Å². The van der Waals surface area contributed by atoms with Gasteiger partial charge in [0.05, 0.1) is 13.2 Å². The number of ether oxygens (including phenoxy) is 3. The molecule has 0 N–H and O–H groups in total. The topological polar surface area (TPSA) is 27.7 Å². The maximum Gasteiger partial charge on any atom is 0.127 e. The molecule has 0 aliphatic rings. The van der Waals surface area contributed by atoms with Crippen molar-refractivity contribution in [1.82, 2.24) is 0 Å². The van der Waals surface area contributed by atoms with Crippen molar-refractivity contribution in [2.45, 2.75) is 38.5 Å². The molecule has 0 aliphatic carbocycles. The van der Waals surface area contributed by atoms with E-state index in [1.165, 1.54) is 11.1 Å². The third-order valence-corrected chi connectivity index (χ3v) is 6.16. The fraction of sp³-hybridized carbons (Fsp3) is 0.250. The lowest BCUT2D eigenvalue weighted by atomic mass is 9.84. The molecule has 0 spiro atoms. The van der Waals surface area contributed by atoms with Crippen molar-refractivity contribution in [3.05, 3.63) is 120 Å². The van der Waals surface area contributed by atoms with E-state index in [0.29, 0.717) is 13.2 Å². The van der Waals surface area contributed by atoms with Crippen LogP contribution in [0.5, 0.6) is 23.0 Å². The molecule has 3 nitrogen and oxygen atoms in total. The summed E-state index contributed by atoms with van der Waals surface area (Å²) >= 11 is 0. The summed E-state index contributed by atoms with van der Waals surface area (Å²) in [4.78, 5) is 0. The van der Waals surface area contributed by atoms with Crippen molar-refractivity contribution in [1.29, 1.82) is 0 Å². The summed E-state index contributed by atoms with van der Waals surface area (Å²) < 4.78 is 18.1. The largest absolute Gasteiger partial charge is 0.457 e. The minimum Gasteiger partial charge on any atom is -0.457 e. The zero-order chi connectivity index (χ0) is 24.7. The normalized spacial score (nSPS) is 11.8. The molecular weight excluding hydrogens is 432 g/mol. The van der Waals surface area contributed by atoms with Gasteiger partial charge in [0, 0.05) is 10.8 Å². The molecule has 0 amide bonds. The summed E-state index contributed by atoms with van der Waals surface area (Å²) in [6, 6.07) is 36.2. The summed E-state index contributed by atoms with van der Waals surface area (Å²) in [7, 11) is 0. The summed E-state index contributed by atoms with van der Waals surface area (Å²) in [6.45, 7) is 10.1. The first-order valence-electron chi connectivity index (χ1n) is 12.1. The average molecular weight is 467 g/mol. The Bertz CT molecular complexity index is 1080. The smallest absolute Gasteiger partial charge is 0.127 e. The van der Waals surface area contributed by atoms with Crippen molar-refractivity contribution in [2.75, 3.05) is 13.2 Å². The fourth-order valence-corrected chi connectivity index (χ4v) is 3.93. The molecule has 0 bridgehead atoms. The van der Waals surface area contributed by atoms with E-state index < -0.39 is 0 Å². The highest BCUT2D eigenvalue weighted by atomic mass is 16.5. The number of hydrogen-bond acceptors (Lipinski definition) is 3. The molecule has 4 aromatic carbocycles. The van der Waals surface area contributed by atoms with Crippen LogP contribution in [0.4, 0.5) is 0 Å². The summed E-state index contributed by atoms with van der Waals surface area (Å²) in [5, 5.41) is 0. The molecule has 0 saturated carbocycles. The molecule has 0 atom stereocenters. The van der Waals surface area contributed by atoms with E-state index in [1.54, 1.807) is 0 Å². The molecule has 0 unspecified atom stereocenters. The molecule has 35 heavy (non-hydrogen) atoms. The molecular formula is C32H34O3. The van der Waals surface area contributed by atoms with Crippen LogP contribution < -0.4 is 9.47 Å². The molecule has 0 saturated heterocycles. The molecule has 3 heteroatoms. The number of hydrogen-bond donors (Lipinski definition) is 0. The first-order valence-corrected chi connectivity index (χ1v) is 12.1. The molecule has 180 valence electrons. The van der Waals surface area contributed by atoms with Crippen LogP contribution in [0.15, 0.2) is 109 Å². The molecule has 4 aromatic rings. The standard InChI is InChI=1S/C32H34O3/c1-31(2,25-15-19-29(20-16-25)34-27-11-7-5-8-12-27)23-33-24-32(3,4)26-17-21-30(22-18-26)35-28-13-9-6-10-14-28/h5-22H,23-24H2,1-4H3.